The maximum absolute atomic E-state index is 13.5. The van der Waals surface area contributed by atoms with Crippen LogP contribution in [0.15, 0.2) is 64.6 Å². The van der Waals surface area contributed by atoms with E-state index < -0.39 is 9.84 Å². The van der Waals surface area contributed by atoms with Gasteiger partial charge in [0.05, 0.1) is 10.6 Å². The van der Waals surface area contributed by atoms with Gasteiger partial charge < -0.3 is 15.6 Å². The lowest BCUT2D eigenvalue weighted by Gasteiger charge is -2.12. The van der Waals surface area contributed by atoms with Crippen molar-refractivity contribution in [3.8, 4) is 0 Å². The Morgan fingerprint density at radius 1 is 1.10 bits per heavy atom. The predicted molar refractivity (Wildman–Crippen MR) is 130 cm³/mol. The monoisotopic (exact) mass is 544 g/mol. The third-order valence-electron chi connectivity index (χ3n) is 4.62. The number of benzene rings is 2. The molecule has 9 heteroatoms. The van der Waals surface area contributed by atoms with Gasteiger partial charge in [-0.05, 0) is 48.7 Å². The van der Waals surface area contributed by atoms with Gasteiger partial charge in [-0.3, -0.25) is 4.99 Å². The molecule has 0 saturated heterocycles. The summed E-state index contributed by atoms with van der Waals surface area (Å²) < 4.78 is 38.0. The average molecular weight is 544 g/mol. The highest BCUT2D eigenvalue weighted by Gasteiger charge is 2.13. The third-order valence-corrected chi connectivity index (χ3v) is 6.44. The summed E-state index contributed by atoms with van der Waals surface area (Å²) in [7, 11) is -1.61. The van der Waals surface area contributed by atoms with E-state index in [2.05, 4.69) is 20.6 Å². The number of halogens is 2. The molecule has 0 aliphatic carbocycles. The van der Waals surface area contributed by atoms with E-state index in [0.29, 0.717) is 36.8 Å². The van der Waals surface area contributed by atoms with E-state index in [0.717, 1.165) is 16.5 Å². The molecule has 1 aromatic heterocycles. The lowest BCUT2D eigenvalue weighted by molar-refractivity contribution is 0.592. The van der Waals surface area contributed by atoms with Crippen LogP contribution in [0, 0.1) is 5.82 Å². The van der Waals surface area contributed by atoms with Crippen molar-refractivity contribution in [1.82, 2.24) is 15.6 Å². The highest BCUT2D eigenvalue weighted by molar-refractivity contribution is 14.0. The first kappa shape index (κ1) is 24.1. The molecule has 0 saturated carbocycles. The Morgan fingerprint density at radius 3 is 2.57 bits per heavy atom. The van der Waals surface area contributed by atoms with Crippen LogP contribution in [-0.4, -0.2) is 45.3 Å². The average Bonchev–Trinajstić information content (AvgIpc) is 3.12. The number of aliphatic imine (C=N–C) groups is 1. The van der Waals surface area contributed by atoms with Crippen LogP contribution in [0.25, 0.3) is 10.9 Å². The lowest BCUT2D eigenvalue weighted by Crippen LogP contribution is -2.39. The Bertz CT molecular complexity index is 1080. The molecule has 0 spiro atoms. The van der Waals surface area contributed by atoms with Gasteiger partial charge in [0.2, 0.25) is 0 Å². The maximum Gasteiger partial charge on any atom is 0.190 e. The molecule has 0 radical (unpaired) electrons. The van der Waals surface area contributed by atoms with Crippen molar-refractivity contribution >= 4 is 50.7 Å². The summed E-state index contributed by atoms with van der Waals surface area (Å²) in [5.41, 5.74) is 1.93. The van der Waals surface area contributed by atoms with E-state index in [4.69, 9.17) is 0 Å². The van der Waals surface area contributed by atoms with E-state index in [1.165, 1.54) is 12.1 Å². The number of nitrogens with zero attached hydrogens (tertiary/aromatic N) is 1. The second kappa shape index (κ2) is 11.3. The van der Waals surface area contributed by atoms with Gasteiger partial charge in [0.15, 0.2) is 15.8 Å². The molecule has 1 heterocycles. The Hall–Kier alpha value is -2.14. The molecule has 0 fully saturated rings. The summed E-state index contributed by atoms with van der Waals surface area (Å²) in [6.45, 7) is 1.11. The lowest BCUT2D eigenvalue weighted by atomic mass is 10.1. The van der Waals surface area contributed by atoms with E-state index in [1.54, 1.807) is 43.4 Å². The number of hydrogen-bond donors (Lipinski definition) is 3. The molecule has 3 N–H and O–H groups in total. The highest BCUT2D eigenvalue weighted by atomic mass is 127. The van der Waals surface area contributed by atoms with Crippen LogP contribution in [0.4, 0.5) is 4.39 Å². The van der Waals surface area contributed by atoms with Crippen molar-refractivity contribution in [3.05, 3.63) is 66.1 Å². The van der Waals surface area contributed by atoms with Gasteiger partial charge in [-0.25, -0.2) is 12.8 Å². The van der Waals surface area contributed by atoms with Gasteiger partial charge in [0, 0.05) is 37.2 Å². The zero-order valence-electron chi connectivity index (χ0n) is 16.7. The number of rotatable bonds is 8. The molecular weight excluding hydrogens is 518 g/mol. The topological polar surface area (TPSA) is 86.3 Å². The minimum atomic E-state index is -3.27. The summed E-state index contributed by atoms with van der Waals surface area (Å²) in [6.07, 6.45) is 3.06. The van der Waals surface area contributed by atoms with Crippen LogP contribution in [0.3, 0.4) is 0 Å². The fourth-order valence-electron chi connectivity index (χ4n) is 3.11. The summed E-state index contributed by atoms with van der Waals surface area (Å²) in [5, 5.41) is 7.20. The molecular formula is C21H26FIN4O2S. The van der Waals surface area contributed by atoms with Crippen LogP contribution < -0.4 is 10.6 Å². The first-order chi connectivity index (χ1) is 14.0. The first-order valence-corrected chi connectivity index (χ1v) is 11.1. The number of H-pyrrole nitrogens is 1. The molecule has 0 unspecified atom stereocenters. The van der Waals surface area contributed by atoms with Gasteiger partial charge in [0.1, 0.15) is 5.82 Å². The van der Waals surface area contributed by atoms with Crippen molar-refractivity contribution in [3.63, 3.8) is 0 Å². The quantitative estimate of drug-likeness (QED) is 0.176. The smallest absolute Gasteiger partial charge is 0.190 e. The zero-order valence-corrected chi connectivity index (χ0v) is 19.8. The number of sulfone groups is 1. The van der Waals surface area contributed by atoms with Crippen molar-refractivity contribution in [1.29, 1.82) is 0 Å². The molecule has 6 nitrogen and oxygen atoms in total. The first-order valence-electron chi connectivity index (χ1n) is 9.47. The number of fused-ring (bicyclic) bond motifs is 1. The third kappa shape index (κ3) is 6.43. The van der Waals surface area contributed by atoms with Crippen LogP contribution >= 0.6 is 24.0 Å². The molecule has 0 amide bonds. The number of aromatic nitrogens is 1. The predicted octanol–water partition coefficient (Wildman–Crippen LogP) is 3.50. The minimum absolute atomic E-state index is 0. The van der Waals surface area contributed by atoms with Gasteiger partial charge in [-0.2, -0.15) is 0 Å². The molecule has 0 bridgehead atoms. The Labute approximate surface area is 193 Å². The zero-order chi connectivity index (χ0) is 20.7. The molecule has 3 rings (SSSR count). The largest absolute Gasteiger partial charge is 0.361 e. The second-order valence-electron chi connectivity index (χ2n) is 6.67. The van der Waals surface area contributed by atoms with Crippen LogP contribution in [0.5, 0.6) is 0 Å². The van der Waals surface area contributed by atoms with Gasteiger partial charge in [-0.1, -0.05) is 18.2 Å². The fourth-order valence-corrected chi connectivity index (χ4v) is 4.44. The number of nitrogens with one attached hydrogen (secondary N) is 3. The van der Waals surface area contributed by atoms with Crippen LogP contribution in [-0.2, 0) is 16.3 Å². The van der Waals surface area contributed by atoms with Crippen molar-refractivity contribution in [2.45, 2.75) is 17.7 Å². The summed E-state index contributed by atoms with van der Waals surface area (Å²) in [4.78, 5) is 7.64. The highest BCUT2D eigenvalue weighted by Crippen LogP contribution is 2.19. The van der Waals surface area contributed by atoms with Gasteiger partial charge in [0.25, 0.3) is 0 Å². The molecule has 0 atom stereocenters. The van der Waals surface area contributed by atoms with E-state index in [1.807, 2.05) is 6.20 Å². The minimum Gasteiger partial charge on any atom is -0.361 e. The van der Waals surface area contributed by atoms with E-state index in [-0.39, 0.29) is 35.5 Å². The van der Waals surface area contributed by atoms with Gasteiger partial charge >= 0.3 is 0 Å². The number of hydrogen-bond acceptors (Lipinski definition) is 3. The molecule has 2 aromatic carbocycles. The van der Waals surface area contributed by atoms with E-state index in [9.17, 15) is 12.8 Å². The molecule has 0 aliphatic rings. The standard InChI is InChI=1S/C21H25FN4O2S.HI/c1-23-21(24-11-5-13-29(27,28)18-6-3-2-4-7-18)25-12-10-16-15-26-20-9-8-17(22)14-19(16)20;/h2-4,6-9,14-15,26H,5,10-13H2,1H3,(H2,23,24,25);1H. The number of guanidine groups is 1. The van der Waals surface area contributed by atoms with Crippen LogP contribution in [0.1, 0.15) is 12.0 Å². The summed E-state index contributed by atoms with van der Waals surface area (Å²) in [5.74, 6) is 0.421. The second-order valence-corrected chi connectivity index (χ2v) is 8.77. The van der Waals surface area contributed by atoms with Gasteiger partial charge in [-0.15, -0.1) is 24.0 Å². The number of aromatic amines is 1. The Kier molecular flexibility index (Phi) is 9.09. The normalized spacial score (nSPS) is 11.9. The molecule has 30 heavy (non-hydrogen) atoms. The van der Waals surface area contributed by atoms with Crippen molar-refractivity contribution in [2.75, 3.05) is 25.9 Å². The van der Waals surface area contributed by atoms with E-state index >= 15 is 0 Å². The Morgan fingerprint density at radius 2 is 1.83 bits per heavy atom. The SMILES string of the molecule is CN=C(NCCCS(=O)(=O)c1ccccc1)NCCc1c[nH]c2ccc(F)cc12.I. The molecule has 162 valence electrons. The maximum atomic E-state index is 13.5. The van der Waals surface area contributed by atoms with Crippen molar-refractivity contribution < 1.29 is 12.8 Å². The summed E-state index contributed by atoms with van der Waals surface area (Å²) in [6, 6.07) is 13.2. The summed E-state index contributed by atoms with van der Waals surface area (Å²) >= 11 is 0. The molecule has 3 aromatic rings. The van der Waals surface area contributed by atoms with Crippen LogP contribution in [0.2, 0.25) is 0 Å². The van der Waals surface area contributed by atoms with Crippen molar-refractivity contribution in [2.24, 2.45) is 4.99 Å². The molecule has 0 aliphatic heterocycles. The fraction of sp³-hybridized carbons (Fsp3) is 0.286. The Balaban J connectivity index is 0.00000320.